The molecule has 5 N–H and O–H groups in total. The lowest BCUT2D eigenvalue weighted by molar-refractivity contribution is -0.258. The van der Waals surface area contributed by atoms with E-state index < -0.39 is 29.9 Å². The largest absolute Gasteiger partial charge is 0.493 e. The first-order valence-electron chi connectivity index (χ1n) is 11.9. The molecule has 39 heavy (non-hydrogen) atoms. The van der Waals surface area contributed by atoms with E-state index in [0.29, 0.717) is 34.9 Å². The van der Waals surface area contributed by atoms with Gasteiger partial charge in [0, 0.05) is 18.2 Å². The molecular formula is C28H30N4O7. The number of methoxy groups -OCH3 is 1. The number of carbonyl (C=O) groups is 3. The maximum atomic E-state index is 13.4. The summed E-state index contributed by atoms with van der Waals surface area (Å²) in [4.78, 5) is 45.1. The van der Waals surface area contributed by atoms with Crippen LogP contribution < -0.4 is 25.8 Å². The quantitative estimate of drug-likeness (QED) is 0.125. The van der Waals surface area contributed by atoms with Crippen molar-refractivity contribution in [1.82, 2.24) is 5.32 Å². The van der Waals surface area contributed by atoms with Gasteiger partial charge in [-0.2, -0.15) is 0 Å². The predicted molar refractivity (Wildman–Crippen MR) is 143 cm³/mol. The van der Waals surface area contributed by atoms with E-state index in [1.54, 1.807) is 42.5 Å². The van der Waals surface area contributed by atoms with Crippen molar-refractivity contribution in [2.24, 2.45) is 5.73 Å². The number of nitrogen functional groups attached to an aromatic ring is 1. The zero-order valence-corrected chi connectivity index (χ0v) is 21.7. The van der Waals surface area contributed by atoms with Crippen molar-refractivity contribution in [2.75, 3.05) is 12.4 Å². The first-order chi connectivity index (χ1) is 18.7. The van der Waals surface area contributed by atoms with Gasteiger partial charge in [0.1, 0.15) is 24.5 Å². The molecule has 0 aliphatic rings. The van der Waals surface area contributed by atoms with Gasteiger partial charge in [-0.15, -0.1) is 0 Å². The van der Waals surface area contributed by atoms with Crippen molar-refractivity contribution >= 4 is 29.4 Å². The molecule has 11 nitrogen and oxygen atoms in total. The summed E-state index contributed by atoms with van der Waals surface area (Å²) < 4.78 is 11.5. The molecule has 0 unspecified atom stereocenters. The molecule has 3 aromatic carbocycles. The monoisotopic (exact) mass is 534 g/mol. The lowest BCUT2D eigenvalue weighted by Crippen LogP contribution is -2.43. The van der Waals surface area contributed by atoms with E-state index in [-0.39, 0.29) is 5.84 Å². The Bertz CT molecular complexity index is 1310. The van der Waals surface area contributed by atoms with Gasteiger partial charge in [0.2, 0.25) is 5.91 Å². The molecule has 0 saturated heterocycles. The Morgan fingerprint density at radius 1 is 0.949 bits per heavy atom. The van der Waals surface area contributed by atoms with Gasteiger partial charge in [-0.25, -0.2) is 19.4 Å². The fraction of sp³-hybridized carbons (Fsp3) is 0.214. The molecule has 0 aliphatic carbocycles. The maximum absolute atomic E-state index is 13.4. The maximum Gasteiger partial charge on any atom is 0.377 e. The Kier molecular flexibility index (Phi) is 9.85. The van der Waals surface area contributed by atoms with Crippen LogP contribution in [0, 0.1) is 5.41 Å². The highest BCUT2D eigenvalue weighted by atomic mass is 17.2. The fourth-order valence-electron chi connectivity index (χ4n) is 3.46. The first-order valence-corrected chi connectivity index (χ1v) is 11.9. The van der Waals surface area contributed by atoms with Gasteiger partial charge >= 0.3 is 11.9 Å². The molecule has 0 radical (unpaired) electrons. The number of rotatable bonds is 11. The summed E-state index contributed by atoms with van der Waals surface area (Å²) in [7, 11) is 1.49. The highest BCUT2D eigenvalue weighted by Crippen LogP contribution is 2.32. The summed E-state index contributed by atoms with van der Waals surface area (Å²) in [5.74, 6) is -1.54. The first kappa shape index (κ1) is 28.5. The normalized spacial score (nSPS) is 11.9. The Morgan fingerprint density at radius 3 is 2.26 bits per heavy atom. The highest BCUT2D eigenvalue weighted by Gasteiger charge is 2.27. The van der Waals surface area contributed by atoms with Crippen molar-refractivity contribution in [1.29, 1.82) is 5.41 Å². The minimum atomic E-state index is -1.13. The fourth-order valence-corrected chi connectivity index (χ4v) is 3.46. The van der Waals surface area contributed by atoms with Crippen LogP contribution in [0.3, 0.4) is 0 Å². The molecule has 0 aromatic heterocycles. The molecule has 0 heterocycles. The van der Waals surface area contributed by atoms with Crippen molar-refractivity contribution in [3.05, 3.63) is 89.5 Å². The Labute approximate surface area is 225 Å². The van der Waals surface area contributed by atoms with Gasteiger partial charge in [-0.3, -0.25) is 10.2 Å². The number of ether oxygens (including phenoxy) is 2. The van der Waals surface area contributed by atoms with Crippen LogP contribution in [0.2, 0.25) is 0 Å². The summed E-state index contributed by atoms with van der Waals surface area (Å²) in [6, 6.07) is 19.2. The van der Waals surface area contributed by atoms with E-state index in [1.165, 1.54) is 14.0 Å². The molecule has 0 spiro atoms. The number of amidine groups is 1. The summed E-state index contributed by atoms with van der Waals surface area (Å²) >= 11 is 0. The van der Waals surface area contributed by atoms with Crippen LogP contribution in [-0.2, 0) is 30.8 Å². The summed E-state index contributed by atoms with van der Waals surface area (Å²) in [5, 5.41) is 13.3. The third-order valence-corrected chi connectivity index (χ3v) is 5.48. The molecule has 204 valence electrons. The van der Waals surface area contributed by atoms with Gasteiger partial charge in [0.05, 0.1) is 7.11 Å². The van der Waals surface area contributed by atoms with E-state index in [9.17, 15) is 14.4 Å². The standard InChI is InChI=1S/C28H30N4O7/c1-17(28(35)39-38-18(2)33)31-27(34)25(32-22-12-9-20(10-13-22)26(29)30)21-11-14-23(24(15-21)36-3)37-16-19-7-5-4-6-8-19/h4-15,17,25,32H,16H2,1-3H3,(H3,29,30)(H,31,34)/t17-,25-/m0/s1. The smallest absolute Gasteiger partial charge is 0.377 e. The zero-order valence-electron chi connectivity index (χ0n) is 21.7. The number of benzene rings is 3. The van der Waals surface area contributed by atoms with E-state index in [4.69, 9.17) is 20.6 Å². The van der Waals surface area contributed by atoms with E-state index >= 15 is 0 Å². The Morgan fingerprint density at radius 2 is 1.64 bits per heavy atom. The lowest BCUT2D eigenvalue weighted by atomic mass is 10.0. The van der Waals surface area contributed by atoms with E-state index in [0.717, 1.165) is 12.5 Å². The number of hydrogen-bond acceptors (Lipinski definition) is 9. The average Bonchev–Trinajstić information content (AvgIpc) is 2.94. The SMILES string of the molecule is COc1cc([C@H](Nc2ccc(C(=N)N)cc2)C(=O)N[C@@H](C)C(=O)OOC(C)=O)ccc1OCc1ccccc1. The third kappa shape index (κ3) is 8.22. The molecular weight excluding hydrogens is 504 g/mol. The van der Waals surface area contributed by atoms with Crippen LogP contribution in [0.15, 0.2) is 72.8 Å². The van der Waals surface area contributed by atoms with E-state index in [1.807, 2.05) is 30.3 Å². The number of hydrogen-bond donors (Lipinski definition) is 4. The van der Waals surface area contributed by atoms with E-state index in [2.05, 4.69) is 20.4 Å². The minimum Gasteiger partial charge on any atom is -0.493 e. The minimum absolute atomic E-state index is 0.0909. The molecule has 2 atom stereocenters. The lowest BCUT2D eigenvalue weighted by Gasteiger charge is -2.23. The van der Waals surface area contributed by atoms with Gasteiger partial charge in [0.25, 0.3) is 0 Å². The molecule has 3 aromatic rings. The number of nitrogens with two attached hydrogens (primary N) is 1. The second kappa shape index (κ2) is 13.5. The summed E-state index contributed by atoms with van der Waals surface area (Å²) in [6.45, 7) is 2.79. The van der Waals surface area contributed by atoms with Crippen molar-refractivity contribution in [3.8, 4) is 11.5 Å². The summed E-state index contributed by atoms with van der Waals surface area (Å²) in [6.07, 6.45) is 0. The second-order valence-electron chi connectivity index (χ2n) is 8.46. The highest BCUT2D eigenvalue weighted by molar-refractivity contribution is 5.95. The van der Waals surface area contributed by atoms with Gasteiger partial charge < -0.3 is 25.8 Å². The number of anilines is 1. The van der Waals surface area contributed by atoms with Gasteiger partial charge in [-0.1, -0.05) is 36.4 Å². The molecule has 0 aliphatic heterocycles. The zero-order chi connectivity index (χ0) is 28.4. The number of nitrogens with one attached hydrogen (secondary N) is 3. The second-order valence-corrected chi connectivity index (χ2v) is 8.46. The van der Waals surface area contributed by atoms with Crippen LogP contribution in [-0.4, -0.2) is 36.8 Å². The average molecular weight is 535 g/mol. The van der Waals surface area contributed by atoms with Gasteiger partial charge in [0.15, 0.2) is 11.5 Å². The van der Waals surface area contributed by atoms with Crippen molar-refractivity contribution < 1.29 is 33.6 Å². The van der Waals surface area contributed by atoms with Crippen LogP contribution in [0.1, 0.15) is 36.6 Å². The topological polar surface area (TPSA) is 162 Å². The summed E-state index contributed by atoms with van der Waals surface area (Å²) in [5.41, 5.74) is 8.09. The molecule has 11 heteroatoms. The predicted octanol–water partition coefficient (Wildman–Crippen LogP) is 3.24. The molecule has 0 saturated carbocycles. The van der Waals surface area contributed by atoms with Crippen LogP contribution >= 0.6 is 0 Å². The van der Waals surface area contributed by atoms with Crippen molar-refractivity contribution in [2.45, 2.75) is 32.5 Å². The van der Waals surface area contributed by atoms with Gasteiger partial charge in [-0.05, 0) is 54.4 Å². The van der Waals surface area contributed by atoms with Crippen LogP contribution in [0.5, 0.6) is 11.5 Å². The molecule has 0 fully saturated rings. The van der Waals surface area contributed by atoms with Crippen LogP contribution in [0.4, 0.5) is 5.69 Å². The van der Waals surface area contributed by atoms with Crippen LogP contribution in [0.25, 0.3) is 0 Å². The number of carbonyl (C=O) groups excluding carboxylic acids is 3. The Balaban J connectivity index is 1.85. The number of amides is 1. The molecule has 0 bridgehead atoms. The molecule has 3 rings (SSSR count). The van der Waals surface area contributed by atoms with Crippen molar-refractivity contribution in [3.63, 3.8) is 0 Å². The molecule has 1 amide bonds. The third-order valence-electron chi connectivity index (χ3n) is 5.48. The Hall–Kier alpha value is -5.06.